The summed E-state index contributed by atoms with van der Waals surface area (Å²) in [6.45, 7) is 0. The third-order valence-electron chi connectivity index (χ3n) is 3.18. The second-order valence-corrected chi connectivity index (χ2v) is 5.62. The van der Waals surface area contributed by atoms with Gasteiger partial charge in [0, 0.05) is 22.8 Å². The number of hydrogen-bond donors (Lipinski definition) is 1. The largest absolute Gasteiger partial charge is 0.416 e. The zero-order valence-electron chi connectivity index (χ0n) is 11.6. The number of alkyl halides is 3. The Bertz CT molecular complexity index is 796. The number of thiazole rings is 1. The first-order valence-corrected chi connectivity index (χ1v) is 7.45. The molecule has 2 nitrogen and oxygen atoms in total. The topological polar surface area (TPSA) is 24.9 Å². The summed E-state index contributed by atoms with van der Waals surface area (Å²) >= 11 is 1.33. The van der Waals surface area contributed by atoms with E-state index in [2.05, 4.69) is 10.3 Å². The minimum Gasteiger partial charge on any atom is -0.331 e. The van der Waals surface area contributed by atoms with Gasteiger partial charge in [-0.2, -0.15) is 13.2 Å². The van der Waals surface area contributed by atoms with Gasteiger partial charge in [0.05, 0.1) is 5.56 Å². The van der Waals surface area contributed by atoms with E-state index < -0.39 is 17.6 Å². The molecule has 0 radical (unpaired) electrons. The van der Waals surface area contributed by atoms with Crippen molar-refractivity contribution in [2.75, 3.05) is 5.32 Å². The average Bonchev–Trinajstić information content (AvgIpc) is 3.00. The molecule has 0 aliphatic carbocycles. The molecular weight excluding hydrogens is 328 g/mol. The fourth-order valence-electron chi connectivity index (χ4n) is 2.10. The minimum absolute atomic E-state index is 0.329. The van der Waals surface area contributed by atoms with Crippen LogP contribution in [-0.4, -0.2) is 4.98 Å². The summed E-state index contributed by atoms with van der Waals surface area (Å²) in [5.74, 6) is -0.449. The van der Waals surface area contributed by atoms with Crippen molar-refractivity contribution < 1.29 is 17.6 Å². The summed E-state index contributed by atoms with van der Waals surface area (Å²) < 4.78 is 52.0. The Balaban J connectivity index is 2.09. The monoisotopic (exact) mass is 338 g/mol. The molecule has 7 heteroatoms. The molecule has 0 atom stereocenters. The summed E-state index contributed by atoms with van der Waals surface area (Å²) in [5, 5.41) is 5.31. The third-order valence-corrected chi connectivity index (χ3v) is 3.86. The van der Waals surface area contributed by atoms with Gasteiger partial charge in [-0.15, -0.1) is 11.3 Å². The van der Waals surface area contributed by atoms with Crippen molar-refractivity contribution in [2.24, 2.45) is 0 Å². The second kappa shape index (κ2) is 6.00. The summed E-state index contributed by atoms with van der Waals surface area (Å²) in [4.78, 5) is 4.06. The first-order chi connectivity index (χ1) is 10.9. The number of nitrogens with zero attached hydrogens (tertiary/aromatic N) is 1. The Labute approximate surface area is 133 Å². The predicted molar refractivity (Wildman–Crippen MR) is 82.2 cm³/mol. The van der Waals surface area contributed by atoms with Crippen LogP contribution in [0.1, 0.15) is 5.56 Å². The quantitative estimate of drug-likeness (QED) is 0.619. The molecule has 1 heterocycles. The highest BCUT2D eigenvalue weighted by atomic mass is 32.1. The van der Waals surface area contributed by atoms with Gasteiger partial charge in [-0.05, 0) is 35.9 Å². The van der Waals surface area contributed by atoms with E-state index in [1.54, 1.807) is 11.6 Å². The van der Waals surface area contributed by atoms with Crippen molar-refractivity contribution in [1.82, 2.24) is 4.98 Å². The van der Waals surface area contributed by atoms with Crippen molar-refractivity contribution in [2.45, 2.75) is 6.18 Å². The van der Waals surface area contributed by atoms with E-state index in [4.69, 9.17) is 0 Å². The van der Waals surface area contributed by atoms with E-state index in [0.29, 0.717) is 21.9 Å². The molecule has 0 saturated carbocycles. The van der Waals surface area contributed by atoms with Gasteiger partial charge in [-0.1, -0.05) is 12.1 Å². The smallest absolute Gasteiger partial charge is 0.331 e. The number of halogens is 4. The molecule has 0 aliphatic heterocycles. The van der Waals surface area contributed by atoms with Gasteiger partial charge in [-0.25, -0.2) is 9.37 Å². The Morgan fingerprint density at radius 2 is 1.74 bits per heavy atom. The number of hydrogen-bond acceptors (Lipinski definition) is 3. The van der Waals surface area contributed by atoms with Crippen LogP contribution < -0.4 is 5.32 Å². The number of anilines is 2. The lowest BCUT2D eigenvalue weighted by Gasteiger charge is -2.14. The molecule has 0 aliphatic rings. The summed E-state index contributed by atoms with van der Waals surface area (Å²) in [5.41, 5.74) is 0.521. The number of nitrogens with one attached hydrogen (secondary N) is 1. The van der Waals surface area contributed by atoms with Gasteiger partial charge < -0.3 is 5.32 Å². The van der Waals surface area contributed by atoms with Crippen LogP contribution in [0.4, 0.5) is 28.4 Å². The third kappa shape index (κ3) is 3.50. The van der Waals surface area contributed by atoms with Crippen LogP contribution in [0.5, 0.6) is 0 Å². The van der Waals surface area contributed by atoms with Crippen LogP contribution in [-0.2, 0) is 6.18 Å². The van der Waals surface area contributed by atoms with Crippen LogP contribution in [0.3, 0.4) is 0 Å². The van der Waals surface area contributed by atoms with Crippen molar-refractivity contribution in [3.63, 3.8) is 0 Å². The van der Waals surface area contributed by atoms with E-state index in [1.807, 2.05) is 0 Å². The van der Waals surface area contributed by atoms with Crippen LogP contribution in [0.2, 0.25) is 0 Å². The number of aromatic nitrogens is 1. The van der Waals surface area contributed by atoms with Gasteiger partial charge in [0.1, 0.15) is 5.82 Å². The molecule has 118 valence electrons. The predicted octanol–water partition coefficient (Wildman–Crippen LogP) is 5.71. The zero-order valence-corrected chi connectivity index (χ0v) is 12.4. The molecule has 0 amide bonds. The number of benzene rings is 2. The molecule has 1 N–H and O–H groups in total. The summed E-state index contributed by atoms with van der Waals surface area (Å²) in [6, 6.07) is 8.70. The maximum atomic E-state index is 13.1. The van der Waals surface area contributed by atoms with Crippen molar-refractivity contribution >= 4 is 22.2 Å². The lowest BCUT2D eigenvalue weighted by atomic mass is 10.0. The van der Waals surface area contributed by atoms with E-state index in [1.165, 1.54) is 41.7 Å². The van der Waals surface area contributed by atoms with Gasteiger partial charge in [0.25, 0.3) is 0 Å². The van der Waals surface area contributed by atoms with Gasteiger partial charge >= 0.3 is 6.18 Å². The van der Waals surface area contributed by atoms with Crippen LogP contribution in [0.15, 0.2) is 54.0 Å². The Hall–Kier alpha value is -2.41. The molecule has 0 spiro atoms. The minimum atomic E-state index is -4.45. The zero-order chi connectivity index (χ0) is 16.4. The second-order valence-electron chi connectivity index (χ2n) is 4.73. The Morgan fingerprint density at radius 1 is 1.00 bits per heavy atom. The van der Waals surface area contributed by atoms with Crippen LogP contribution >= 0.6 is 11.3 Å². The summed E-state index contributed by atoms with van der Waals surface area (Å²) in [6.07, 6.45) is -2.86. The molecular formula is C16H10F4N2S. The van der Waals surface area contributed by atoms with Gasteiger partial charge in [-0.3, -0.25) is 0 Å². The highest BCUT2D eigenvalue weighted by Gasteiger charge is 2.31. The first kappa shape index (κ1) is 15.5. The van der Waals surface area contributed by atoms with Crippen molar-refractivity contribution in [1.29, 1.82) is 0 Å². The standard InChI is InChI=1S/C16H10F4N2S/c17-12-4-1-10(2-5-12)13-9-11(16(18,19)20)3-6-14(13)22-15-21-7-8-23-15/h1-9H,(H,21,22). The number of rotatable bonds is 3. The molecule has 0 unspecified atom stereocenters. The summed E-state index contributed by atoms with van der Waals surface area (Å²) in [7, 11) is 0. The highest BCUT2D eigenvalue weighted by molar-refractivity contribution is 7.13. The fourth-order valence-corrected chi connectivity index (χ4v) is 2.64. The molecule has 0 bridgehead atoms. The van der Waals surface area contributed by atoms with Crippen molar-refractivity contribution in [3.05, 3.63) is 65.4 Å². The molecule has 0 fully saturated rings. The van der Waals surface area contributed by atoms with E-state index in [-0.39, 0.29) is 0 Å². The highest BCUT2D eigenvalue weighted by Crippen LogP contribution is 2.37. The van der Waals surface area contributed by atoms with Gasteiger partial charge in [0.2, 0.25) is 0 Å². The Morgan fingerprint density at radius 3 is 2.35 bits per heavy atom. The van der Waals surface area contributed by atoms with Crippen molar-refractivity contribution in [3.8, 4) is 11.1 Å². The first-order valence-electron chi connectivity index (χ1n) is 6.57. The molecule has 3 aromatic rings. The SMILES string of the molecule is Fc1ccc(-c2cc(C(F)(F)F)ccc2Nc2nccs2)cc1. The average molecular weight is 338 g/mol. The molecule has 1 aromatic heterocycles. The van der Waals surface area contributed by atoms with E-state index in [9.17, 15) is 17.6 Å². The molecule has 2 aromatic carbocycles. The molecule has 3 rings (SSSR count). The van der Waals surface area contributed by atoms with E-state index >= 15 is 0 Å². The molecule has 0 saturated heterocycles. The maximum absolute atomic E-state index is 13.1. The maximum Gasteiger partial charge on any atom is 0.416 e. The fraction of sp³-hybridized carbons (Fsp3) is 0.0625. The van der Waals surface area contributed by atoms with Crippen LogP contribution in [0, 0.1) is 5.82 Å². The molecule has 23 heavy (non-hydrogen) atoms. The van der Waals surface area contributed by atoms with E-state index in [0.717, 1.165) is 12.1 Å². The normalized spacial score (nSPS) is 11.5. The van der Waals surface area contributed by atoms with Crippen LogP contribution in [0.25, 0.3) is 11.1 Å². The van der Waals surface area contributed by atoms with Gasteiger partial charge in [0.15, 0.2) is 5.13 Å². The lowest BCUT2D eigenvalue weighted by Crippen LogP contribution is -2.05. The lowest BCUT2D eigenvalue weighted by molar-refractivity contribution is -0.137. The Kier molecular flexibility index (Phi) is 4.04.